The molecular formula is C20H31NSi. The lowest BCUT2D eigenvalue weighted by Crippen LogP contribution is -2.53. The number of aromatic nitrogens is 1. The first kappa shape index (κ1) is 17.3. The van der Waals surface area contributed by atoms with Crippen LogP contribution in [0, 0.1) is 17.4 Å². The molecule has 0 unspecified atom stereocenters. The number of nitrogens with zero attached hydrogens (tertiary/aromatic N) is 1. The summed E-state index contributed by atoms with van der Waals surface area (Å²) in [5.74, 6) is 4.47. The molecule has 1 nitrogen and oxygen atoms in total. The van der Waals surface area contributed by atoms with Crippen LogP contribution in [0.5, 0.6) is 0 Å². The summed E-state index contributed by atoms with van der Waals surface area (Å²) < 4.78 is 0. The highest BCUT2D eigenvalue weighted by molar-refractivity contribution is 6.99. The number of pyridine rings is 1. The van der Waals surface area contributed by atoms with Crippen LogP contribution in [0.3, 0.4) is 0 Å². The third-order valence-corrected chi connectivity index (χ3v) is 10.7. The molecule has 1 aromatic heterocycles. The molecule has 2 heteroatoms. The van der Waals surface area contributed by atoms with Crippen LogP contribution in [-0.4, -0.2) is 13.1 Å². The second kappa shape index (κ2) is 7.97. The molecular weight excluding hydrogens is 282 g/mol. The molecule has 2 rings (SSSR count). The fourth-order valence-electron chi connectivity index (χ4n) is 3.95. The largest absolute Gasteiger partial charge is 0.265 e. The van der Waals surface area contributed by atoms with Gasteiger partial charge in [-0.15, -0.1) is 11.5 Å². The molecule has 1 aliphatic rings. The number of rotatable bonds is 4. The van der Waals surface area contributed by atoms with Crippen molar-refractivity contribution in [2.24, 2.45) is 5.92 Å². The Morgan fingerprint density at radius 3 is 2.32 bits per heavy atom. The Hall–Kier alpha value is -1.07. The van der Waals surface area contributed by atoms with Crippen molar-refractivity contribution in [2.45, 2.75) is 77.3 Å². The van der Waals surface area contributed by atoms with Crippen LogP contribution in [0.2, 0.25) is 11.1 Å². The fraction of sp³-hybridized carbons (Fsp3) is 0.650. The van der Waals surface area contributed by atoms with Crippen LogP contribution >= 0.6 is 0 Å². The molecule has 1 heterocycles. The average Bonchev–Trinajstić information content (AvgIpc) is 2.53. The zero-order valence-electron chi connectivity index (χ0n) is 14.7. The maximum absolute atomic E-state index is 4.72. The standard InChI is InChI=1S/C20H31NSi/c1-17(2)22(18(3)4,20-14-8-9-15-21-20)16-10-13-19-11-6-5-7-12-19/h8-9,14-15,17-19H,5-7,11-13H2,1-4H3. The zero-order valence-corrected chi connectivity index (χ0v) is 15.7. The van der Waals surface area contributed by atoms with E-state index in [2.05, 4.69) is 51.3 Å². The van der Waals surface area contributed by atoms with Crippen molar-refractivity contribution in [3.05, 3.63) is 24.4 Å². The molecule has 0 atom stereocenters. The van der Waals surface area contributed by atoms with E-state index in [-0.39, 0.29) is 0 Å². The van der Waals surface area contributed by atoms with Gasteiger partial charge < -0.3 is 0 Å². The lowest BCUT2D eigenvalue weighted by molar-refractivity contribution is 0.365. The van der Waals surface area contributed by atoms with Crippen molar-refractivity contribution in [3.63, 3.8) is 0 Å². The van der Waals surface area contributed by atoms with Gasteiger partial charge in [-0.3, -0.25) is 4.98 Å². The average molecular weight is 314 g/mol. The minimum atomic E-state index is -1.88. The molecule has 1 aromatic rings. The molecule has 1 aliphatic carbocycles. The summed E-state index contributed by atoms with van der Waals surface area (Å²) in [6, 6.07) is 6.35. The van der Waals surface area contributed by atoms with Gasteiger partial charge in [0, 0.05) is 17.9 Å². The van der Waals surface area contributed by atoms with Crippen LogP contribution < -0.4 is 5.32 Å². The normalized spacial score (nSPS) is 16.6. The minimum Gasteiger partial charge on any atom is -0.265 e. The highest BCUT2D eigenvalue weighted by Gasteiger charge is 2.42. The lowest BCUT2D eigenvalue weighted by atomic mass is 9.87. The molecule has 1 fully saturated rings. The molecule has 0 radical (unpaired) electrons. The van der Waals surface area contributed by atoms with Crippen molar-refractivity contribution in [2.75, 3.05) is 0 Å². The Morgan fingerprint density at radius 1 is 1.09 bits per heavy atom. The van der Waals surface area contributed by atoms with Crippen molar-refractivity contribution in [1.29, 1.82) is 0 Å². The van der Waals surface area contributed by atoms with Crippen molar-refractivity contribution in [1.82, 2.24) is 4.98 Å². The first-order valence-corrected chi connectivity index (χ1v) is 11.1. The third-order valence-electron chi connectivity index (χ3n) is 5.32. The fourth-order valence-corrected chi connectivity index (χ4v) is 8.23. The molecule has 0 amide bonds. The van der Waals surface area contributed by atoms with Gasteiger partial charge in [0.25, 0.3) is 0 Å². The predicted octanol–water partition coefficient (Wildman–Crippen LogP) is 5.07. The third kappa shape index (κ3) is 3.82. The van der Waals surface area contributed by atoms with Crippen molar-refractivity contribution >= 4 is 13.4 Å². The van der Waals surface area contributed by atoms with E-state index in [0.29, 0.717) is 11.1 Å². The molecule has 1 saturated carbocycles. The Kier molecular flexibility index (Phi) is 6.26. The van der Waals surface area contributed by atoms with E-state index >= 15 is 0 Å². The predicted molar refractivity (Wildman–Crippen MR) is 98.8 cm³/mol. The molecule has 0 aliphatic heterocycles. The van der Waals surface area contributed by atoms with E-state index in [1.165, 1.54) is 37.4 Å². The maximum Gasteiger partial charge on any atom is 0.195 e. The van der Waals surface area contributed by atoms with Crippen LogP contribution in [0.25, 0.3) is 0 Å². The number of hydrogen-bond donors (Lipinski definition) is 0. The second-order valence-corrected chi connectivity index (χ2v) is 12.2. The summed E-state index contributed by atoms with van der Waals surface area (Å²) in [6.07, 6.45) is 10.0. The molecule has 0 bridgehead atoms. The summed E-state index contributed by atoms with van der Waals surface area (Å²) in [6.45, 7) is 9.37. The van der Waals surface area contributed by atoms with Crippen molar-refractivity contribution < 1.29 is 0 Å². The topological polar surface area (TPSA) is 12.9 Å². The Balaban J connectivity index is 2.25. The highest BCUT2D eigenvalue weighted by atomic mass is 28.3. The SMILES string of the molecule is CC(C)[Si](C#CCC1CCCCC1)(c1ccccn1)C(C)C. The van der Waals surface area contributed by atoms with Crippen molar-refractivity contribution in [3.8, 4) is 11.5 Å². The molecule has 22 heavy (non-hydrogen) atoms. The van der Waals surface area contributed by atoms with Crippen LogP contribution in [0.4, 0.5) is 0 Å². The quantitative estimate of drug-likeness (QED) is 0.558. The van der Waals surface area contributed by atoms with E-state index in [0.717, 1.165) is 12.3 Å². The van der Waals surface area contributed by atoms with Crippen LogP contribution in [0.15, 0.2) is 24.4 Å². The van der Waals surface area contributed by atoms with E-state index in [1.807, 2.05) is 12.3 Å². The summed E-state index contributed by atoms with van der Waals surface area (Å²) in [4.78, 5) is 4.72. The molecule has 120 valence electrons. The second-order valence-electron chi connectivity index (χ2n) is 7.40. The Bertz CT molecular complexity index is 496. The minimum absolute atomic E-state index is 0.598. The summed E-state index contributed by atoms with van der Waals surface area (Å²) >= 11 is 0. The zero-order chi connectivity index (χ0) is 16.0. The highest BCUT2D eigenvalue weighted by Crippen LogP contribution is 2.31. The van der Waals surface area contributed by atoms with Gasteiger partial charge in [-0.05, 0) is 42.0 Å². The van der Waals surface area contributed by atoms with Gasteiger partial charge in [-0.2, -0.15) is 0 Å². The van der Waals surface area contributed by atoms with E-state index < -0.39 is 8.07 Å². The molecule has 0 saturated heterocycles. The summed E-state index contributed by atoms with van der Waals surface area (Å²) in [7, 11) is -1.88. The van der Waals surface area contributed by atoms with Gasteiger partial charge in [-0.1, -0.05) is 53.0 Å². The van der Waals surface area contributed by atoms with Gasteiger partial charge >= 0.3 is 0 Å². The summed E-state index contributed by atoms with van der Waals surface area (Å²) in [5.41, 5.74) is 5.02. The first-order chi connectivity index (χ1) is 10.6. The Labute approximate surface area is 137 Å². The van der Waals surface area contributed by atoms with Crippen LogP contribution in [0.1, 0.15) is 66.2 Å². The van der Waals surface area contributed by atoms with E-state index in [9.17, 15) is 0 Å². The maximum atomic E-state index is 4.72. The molecule has 0 aromatic carbocycles. The van der Waals surface area contributed by atoms with E-state index in [4.69, 9.17) is 4.98 Å². The van der Waals surface area contributed by atoms with Gasteiger partial charge in [0.1, 0.15) is 0 Å². The van der Waals surface area contributed by atoms with Gasteiger partial charge in [0.2, 0.25) is 0 Å². The van der Waals surface area contributed by atoms with Crippen LogP contribution in [-0.2, 0) is 0 Å². The lowest BCUT2D eigenvalue weighted by Gasteiger charge is -2.33. The molecule has 0 N–H and O–H groups in total. The summed E-state index contributed by atoms with van der Waals surface area (Å²) in [5, 5.41) is 1.27. The monoisotopic (exact) mass is 313 g/mol. The first-order valence-electron chi connectivity index (χ1n) is 8.99. The van der Waals surface area contributed by atoms with E-state index in [1.54, 1.807) is 0 Å². The Morgan fingerprint density at radius 2 is 1.77 bits per heavy atom. The van der Waals surface area contributed by atoms with Gasteiger partial charge in [-0.25, -0.2) is 0 Å². The van der Waals surface area contributed by atoms with Gasteiger partial charge in [0.05, 0.1) is 0 Å². The smallest absolute Gasteiger partial charge is 0.195 e. The molecule has 0 spiro atoms. The van der Waals surface area contributed by atoms with Gasteiger partial charge in [0.15, 0.2) is 8.07 Å². The number of hydrogen-bond acceptors (Lipinski definition) is 1.